The Labute approximate surface area is 116 Å². The number of benzene rings is 2. The van der Waals surface area contributed by atoms with E-state index in [-0.39, 0.29) is 0 Å². The largest absolute Gasteiger partial charge is 0.270 e. The van der Waals surface area contributed by atoms with Gasteiger partial charge >= 0.3 is 0 Å². The zero-order chi connectivity index (χ0) is 12.8. The minimum Gasteiger partial charge on any atom is -0.270 e. The molecule has 0 aliphatic carbocycles. The molecule has 94 valence electrons. The quantitative estimate of drug-likeness (QED) is 0.649. The van der Waals surface area contributed by atoms with Crippen molar-refractivity contribution in [2.24, 2.45) is 0 Å². The monoisotopic (exact) mass is 266 g/mol. The minimum atomic E-state index is 0.970. The second kappa shape index (κ2) is 4.07. The number of hydrogen-bond donors (Lipinski definition) is 0. The second-order valence-electron chi connectivity index (χ2n) is 4.81. The first-order valence-corrected chi connectivity index (χ1v) is 7.39. The summed E-state index contributed by atoms with van der Waals surface area (Å²) in [7, 11) is 0. The average Bonchev–Trinajstić information content (AvgIpc) is 3.01. The molecule has 0 radical (unpaired) electrons. The van der Waals surface area contributed by atoms with E-state index in [1.54, 1.807) is 0 Å². The summed E-state index contributed by atoms with van der Waals surface area (Å²) in [4.78, 5) is 1.36. The highest BCUT2D eigenvalue weighted by Crippen LogP contribution is 2.39. The Hall–Kier alpha value is -1.87. The van der Waals surface area contributed by atoms with E-state index in [1.165, 1.54) is 27.0 Å². The lowest BCUT2D eigenvalue weighted by Crippen LogP contribution is -2.25. The molecule has 3 aromatic rings. The highest BCUT2D eigenvalue weighted by atomic mass is 32.2. The number of aryl methyl sites for hydroxylation is 1. The summed E-state index contributed by atoms with van der Waals surface area (Å²) in [6.07, 6.45) is 2.23. The summed E-state index contributed by atoms with van der Waals surface area (Å²) < 4.78 is 2.28. The van der Waals surface area contributed by atoms with Crippen LogP contribution in [0, 0.1) is 6.92 Å². The molecular weight excluding hydrogens is 252 g/mol. The molecule has 1 aliphatic heterocycles. The number of aromatic nitrogens is 1. The summed E-state index contributed by atoms with van der Waals surface area (Å²) in [5.74, 6) is 0.970. The van der Waals surface area contributed by atoms with Crippen LogP contribution in [0.2, 0.25) is 0 Å². The summed E-state index contributed by atoms with van der Waals surface area (Å²) in [6, 6.07) is 17.2. The normalized spacial score (nSPS) is 14.1. The maximum Gasteiger partial charge on any atom is 0.0901 e. The predicted molar refractivity (Wildman–Crippen MR) is 81.7 cm³/mol. The summed E-state index contributed by atoms with van der Waals surface area (Å²) >= 11 is 1.89. The van der Waals surface area contributed by atoms with Crippen molar-refractivity contribution in [3.63, 3.8) is 0 Å². The van der Waals surface area contributed by atoms with Gasteiger partial charge in [-0.25, -0.2) is 0 Å². The SMILES string of the molecule is Cc1cn(N2CSc3ccccc32)c2ccccc12. The molecule has 2 aromatic carbocycles. The first-order valence-electron chi connectivity index (χ1n) is 6.41. The number of para-hydroxylation sites is 2. The van der Waals surface area contributed by atoms with Gasteiger partial charge < -0.3 is 0 Å². The standard InChI is InChI=1S/C16H14N2S/c1-12-10-17(14-7-3-2-6-13(12)14)18-11-19-16-9-5-4-8-15(16)18/h2-10H,11H2,1H3. The van der Waals surface area contributed by atoms with Crippen molar-refractivity contribution in [3.8, 4) is 0 Å². The van der Waals surface area contributed by atoms with E-state index in [1.807, 2.05) is 11.8 Å². The van der Waals surface area contributed by atoms with Crippen molar-refractivity contribution >= 4 is 28.4 Å². The lowest BCUT2D eigenvalue weighted by molar-refractivity contribution is 0.794. The van der Waals surface area contributed by atoms with Gasteiger partial charge in [-0.15, -0.1) is 11.8 Å². The minimum absolute atomic E-state index is 0.970. The molecule has 0 amide bonds. The molecule has 19 heavy (non-hydrogen) atoms. The lowest BCUT2D eigenvalue weighted by Gasteiger charge is -2.21. The molecule has 0 saturated carbocycles. The highest BCUT2D eigenvalue weighted by Gasteiger charge is 2.21. The third-order valence-electron chi connectivity index (χ3n) is 3.64. The Balaban J connectivity index is 1.93. The molecule has 3 heteroatoms. The molecule has 2 heterocycles. The van der Waals surface area contributed by atoms with Gasteiger partial charge in [0.05, 0.1) is 17.1 Å². The molecule has 2 nitrogen and oxygen atoms in total. The van der Waals surface area contributed by atoms with Crippen molar-refractivity contribution in [2.75, 3.05) is 10.9 Å². The van der Waals surface area contributed by atoms with E-state index in [9.17, 15) is 0 Å². The fraction of sp³-hybridized carbons (Fsp3) is 0.125. The van der Waals surface area contributed by atoms with Gasteiger partial charge in [-0.1, -0.05) is 30.3 Å². The molecule has 1 aliphatic rings. The maximum atomic E-state index is 2.34. The molecule has 1 aromatic heterocycles. The van der Waals surface area contributed by atoms with E-state index in [0.29, 0.717) is 0 Å². The zero-order valence-corrected chi connectivity index (χ0v) is 11.5. The van der Waals surface area contributed by atoms with Gasteiger partial charge in [-0.05, 0) is 30.7 Å². The number of nitrogens with zero attached hydrogens (tertiary/aromatic N) is 2. The molecule has 0 atom stereocenters. The molecule has 0 spiro atoms. The highest BCUT2D eigenvalue weighted by molar-refractivity contribution is 7.99. The van der Waals surface area contributed by atoms with Gasteiger partial charge in [0.25, 0.3) is 0 Å². The van der Waals surface area contributed by atoms with Gasteiger partial charge in [0.1, 0.15) is 0 Å². The summed E-state index contributed by atoms with van der Waals surface area (Å²) in [5, 5.41) is 3.67. The summed E-state index contributed by atoms with van der Waals surface area (Å²) in [5.41, 5.74) is 3.90. The van der Waals surface area contributed by atoms with Crippen LogP contribution in [0.4, 0.5) is 5.69 Å². The number of hydrogen-bond acceptors (Lipinski definition) is 2. The molecule has 0 N–H and O–H groups in total. The Morgan fingerprint density at radius 2 is 1.79 bits per heavy atom. The first kappa shape index (κ1) is 11.0. The van der Waals surface area contributed by atoms with Crippen LogP contribution in [-0.2, 0) is 0 Å². The van der Waals surface area contributed by atoms with E-state index >= 15 is 0 Å². The van der Waals surface area contributed by atoms with Gasteiger partial charge in [0.2, 0.25) is 0 Å². The van der Waals surface area contributed by atoms with Crippen LogP contribution >= 0.6 is 11.8 Å². The molecule has 4 rings (SSSR count). The summed E-state index contributed by atoms with van der Waals surface area (Å²) in [6.45, 7) is 2.17. The third kappa shape index (κ3) is 1.58. The van der Waals surface area contributed by atoms with Crippen molar-refractivity contribution in [3.05, 3.63) is 60.3 Å². The first-order chi connectivity index (χ1) is 9.34. The fourth-order valence-electron chi connectivity index (χ4n) is 2.70. The Morgan fingerprint density at radius 3 is 2.74 bits per heavy atom. The van der Waals surface area contributed by atoms with Crippen molar-refractivity contribution in [1.82, 2.24) is 4.68 Å². The predicted octanol–water partition coefficient (Wildman–Crippen LogP) is 4.28. The smallest absolute Gasteiger partial charge is 0.0901 e. The number of thioether (sulfide) groups is 1. The van der Waals surface area contributed by atoms with E-state index < -0.39 is 0 Å². The number of rotatable bonds is 1. The molecule has 0 saturated heterocycles. The van der Waals surface area contributed by atoms with Crippen LogP contribution < -0.4 is 5.01 Å². The third-order valence-corrected chi connectivity index (χ3v) is 4.67. The van der Waals surface area contributed by atoms with Gasteiger partial charge in [-0.2, -0.15) is 0 Å². The van der Waals surface area contributed by atoms with Crippen molar-refractivity contribution < 1.29 is 0 Å². The van der Waals surface area contributed by atoms with Crippen LogP contribution in [0.15, 0.2) is 59.6 Å². The molecule has 0 bridgehead atoms. The van der Waals surface area contributed by atoms with Crippen LogP contribution in [-0.4, -0.2) is 10.6 Å². The Kier molecular flexibility index (Phi) is 2.35. The van der Waals surface area contributed by atoms with Gasteiger partial charge in [-0.3, -0.25) is 9.69 Å². The van der Waals surface area contributed by atoms with Crippen LogP contribution in [0.1, 0.15) is 5.56 Å². The Morgan fingerprint density at radius 1 is 1.00 bits per heavy atom. The Bertz CT molecular complexity index is 760. The molecule has 0 unspecified atom stereocenters. The molecular formula is C16H14N2S. The van der Waals surface area contributed by atoms with Gasteiger partial charge in [0, 0.05) is 16.5 Å². The van der Waals surface area contributed by atoms with E-state index in [2.05, 4.69) is 71.3 Å². The topological polar surface area (TPSA) is 8.17 Å². The average molecular weight is 266 g/mol. The van der Waals surface area contributed by atoms with Crippen LogP contribution in [0.5, 0.6) is 0 Å². The van der Waals surface area contributed by atoms with Crippen LogP contribution in [0.3, 0.4) is 0 Å². The van der Waals surface area contributed by atoms with Crippen LogP contribution in [0.25, 0.3) is 10.9 Å². The second-order valence-corrected chi connectivity index (χ2v) is 5.80. The van der Waals surface area contributed by atoms with Gasteiger partial charge in [0.15, 0.2) is 0 Å². The number of fused-ring (bicyclic) bond motifs is 2. The van der Waals surface area contributed by atoms with Crippen molar-refractivity contribution in [1.29, 1.82) is 0 Å². The molecule has 0 fully saturated rings. The fourth-order valence-corrected chi connectivity index (χ4v) is 3.72. The zero-order valence-electron chi connectivity index (χ0n) is 10.7. The lowest BCUT2D eigenvalue weighted by atomic mass is 10.2. The van der Waals surface area contributed by atoms with Crippen molar-refractivity contribution in [2.45, 2.75) is 11.8 Å². The maximum absolute atomic E-state index is 2.34. The van der Waals surface area contributed by atoms with E-state index in [4.69, 9.17) is 0 Å². The number of anilines is 1. The van der Waals surface area contributed by atoms with E-state index in [0.717, 1.165) is 5.88 Å².